The summed E-state index contributed by atoms with van der Waals surface area (Å²) >= 11 is 1.84. The molecule has 2 aliphatic carbocycles. The minimum atomic E-state index is -0.651. The van der Waals surface area contributed by atoms with E-state index in [0.29, 0.717) is 26.1 Å². The minimum Gasteiger partial charge on any atom is -0.493 e. The Morgan fingerprint density at radius 3 is 2.88 bits per heavy atom. The van der Waals surface area contributed by atoms with Crippen LogP contribution in [-0.4, -0.2) is 80.0 Å². The Kier molecular flexibility index (Phi) is 10.8. The van der Waals surface area contributed by atoms with Crippen LogP contribution in [0.3, 0.4) is 0 Å². The molecule has 3 atom stereocenters. The van der Waals surface area contributed by atoms with Gasteiger partial charge < -0.3 is 24.1 Å². The van der Waals surface area contributed by atoms with Gasteiger partial charge in [0, 0.05) is 31.5 Å². The predicted molar refractivity (Wildman–Crippen MR) is 157 cm³/mol. The Hall–Kier alpha value is -2.70. The zero-order valence-corrected chi connectivity index (χ0v) is 24.6. The summed E-state index contributed by atoms with van der Waals surface area (Å²) < 4.78 is 22.6. The quantitative estimate of drug-likeness (QED) is 0.259. The van der Waals surface area contributed by atoms with E-state index in [1.54, 1.807) is 0 Å². The molecule has 8 heteroatoms. The maximum atomic E-state index is 11.4. The van der Waals surface area contributed by atoms with Crippen molar-refractivity contribution in [2.75, 3.05) is 52.3 Å². The first-order chi connectivity index (χ1) is 19.3. The Morgan fingerprint density at radius 2 is 2.12 bits per heavy atom. The summed E-state index contributed by atoms with van der Waals surface area (Å²) in [6, 6.07) is 6.20. The topological polar surface area (TPSA) is 77.5 Å². The average Bonchev–Trinajstić information content (AvgIpc) is 2.96. The molecule has 0 saturated heterocycles. The lowest BCUT2D eigenvalue weighted by molar-refractivity contribution is -0.150. The van der Waals surface area contributed by atoms with E-state index in [4.69, 9.17) is 14.2 Å². The molecule has 0 spiro atoms. The van der Waals surface area contributed by atoms with Gasteiger partial charge in [0.05, 0.1) is 17.6 Å². The van der Waals surface area contributed by atoms with Gasteiger partial charge in [0.2, 0.25) is 0 Å². The van der Waals surface area contributed by atoms with Gasteiger partial charge in [-0.2, -0.15) is 0 Å². The molecule has 0 saturated carbocycles. The van der Waals surface area contributed by atoms with E-state index >= 15 is 0 Å². The maximum absolute atomic E-state index is 11.4. The molecular weight excluding hydrogens is 526 g/mol. The number of ether oxygens (including phenoxy) is 4. The van der Waals surface area contributed by atoms with Crippen LogP contribution < -0.4 is 4.74 Å². The summed E-state index contributed by atoms with van der Waals surface area (Å²) in [7, 11) is 1.35. The van der Waals surface area contributed by atoms with Crippen LogP contribution in [-0.2, 0) is 25.4 Å². The first-order valence-electron chi connectivity index (χ1n) is 14.0. The first-order valence-corrected chi connectivity index (χ1v) is 14.9. The number of hydrogen-bond donors (Lipinski definition) is 1. The number of carbonyl (C=O) groups is 1. The molecule has 7 nitrogen and oxygen atoms in total. The van der Waals surface area contributed by atoms with E-state index in [2.05, 4.69) is 40.5 Å². The highest BCUT2D eigenvalue weighted by atomic mass is 32.2. The van der Waals surface area contributed by atoms with E-state index < -0.39 is 17.7 Å². The molecule has 0 aromatic heterocycles. The second kappa shape index (κ2) is 14.3. The molecule has 4 rings (SSSR count). The normalized spacial score (nSPS) is 24.0. The van der Waals surface area contributed by atoms with Gasteiger partial charge in [-0.15, -0.1) is 11.8 Å². The molecule has 0 bridgehead atoms. The average molecular weight is 568 g/mol. The van der Waals surface area contributed by atoms with Crippen LogP contribution in [0.25, 0.3) is 0 Å². The number of aryl methyl sites for hydroxylation is 1. The molecule has 1 N–H and O–H groups in total. The number of hydrogen-bond acceptors (Lipinski definition) is 8. The zero-order chi connectivity index (χ0) is 28.4. The molecule has 0 fully saturated rings. The van der Waals surface area contributed by atoms with Crippen molar-refractivity contribution < 1.29 is 28.8 Å². The monoisotopic (exact) mass is 567 g/mol. The molecule has 0 amide bonds. The number of fused-ring (bicyclic) bond motifs is 1. The van der Waals surface area contributed by atoms with Crippen molar-refractivity contribution in [3.63, 3.8) is 0 Å². The van der Waals surface area contributed by atoms with Crippen LogP contribution in [0.4, 0.5) is 0 Å². The van der Waals surface area contributed by atoms with Gasteiger partial charge in [-0.1, -0.05) is 30.0 Å². The smallest absolute Gasteiger partial charge is 0.331 e. The van der Waals surface area contributed by atoms with E-state index in [1.165, 1.54) is 24.0 Å². The van der Waals surface area contributed by atoms with Crippen molar-refractivity contribution in [2.45, 2.75) is 56.1 Å². The molecule has 216 valence electrons. The fourth-order valence-electron chi connectivity index (χ4n) is 4.97. The lowest BCUT2D eigenvalue weighted by Crippen LogP contribution is -2.43. The van der Waals surface area contributed by atoms with E-state index in [1.807, 2.05) is 55.1 Å². The number of rotatable bonds is 14. The molecule has 0 radical (unpaired) electrons. The van der Waals surface area contributed by atoms with Gasteiger partial charge in [-0.05, 0) is 74.8 Å². The minimum absolute atomic E-state index is 0.0925. The maximum Gasteiger partial charge on any atom is 0.331 e. The highest BCUT2D eigenvalue weighted by Crippen LogP contribution is 2.37. The number of methoxy groups -OCH3 is 1. The van der Waals surface area contributed by atoms with Gasteiger partial charge in [-0.25, -0.2) is 4.79 Å². The van der Waals surface area contributed by atoms with Crippen LogP contribution in [0.15, 0.2) is 59.2 Å². The van der Waals surface area contributed by atoms with Crippen molar-refractivity contribution in [2.24, 2.45) is 5.41 Å². The molecule has 3 unspecified atom stereocenters. The summed E-state index contributed by atoms with van der Waals surface area (Å²) in [5.74, 6) is 8.80. The van der Waals surface area contributed by atoms with Gasteiger partial charge in [0.15, 0.2) is 0 Å². The van der Waals surface area contributed by atoms with E-state index in [9.17, 15) is 9.90 Å². The van der Waals surface area contributed by atoms with Crippen LogP contribution in [0.1, 0.15) is 38.7 Å². The van der Waals surface area contributed by atoms with Gasteiger partial charge in [0.1, 0.15) is 37.4 Å². The number of benzene rings is 1. The summed E-state index contributed by atoms with van der Waals surface area (Å²) in [5, 5.41) is 11.0. The largest absolute Gasteiger partial charge is 0.493 e. The highest BCUT2D eigenvalue weighted by Gasteiger charge is 2.28. The predicted octanol–water partition coefficient (Wildman–Crippen LogP) is 4.54. The molecular formula is C32H41NO6S. The second-order valence-electron chi connectivity index (χ2n) is 11.0. The number of allylic oxidation sites excluding steroid dienone is 3. The Labute approximate surface area is 242 Å². The Balaban J connectivity index is 1.30. The summed E-state index contributed by atoms with van der Waals surface area (Å²) in [4.78, 5) is 14.9. The second-order valence-corrected chi connectivity index (χ2v) is 12.1. The SMILES string of the molecule is COC(=O)COC1(C)C=CC(OCCN(CC(O)COc2cccc3c2SCCC3)CC2(C)C#CC=CC2)=CC1. The summed E-state index contributed by atoms with van der Waals surface area (Å²) in [6.45, 7) is 6.50. The molecule has 3 aliphatic rings. The first kappa shape index (κ1) is 30.3. The van der Waals surface area contributed by atoms with Crippen molar-refractivity contribution in [3.8, 4) is 17.6 Å². The molecule has 1 heterocycles. The number of esters is 1. The summed E-state index contributed by atoms with van der Waals surface area (Å²) in [6.07, 6.45) is 12.9. The molecule has 1 aromatic carbocycles. The Bertz CT molecular complexity index is 1180. The van der Waals surface area contributed by atoms with Crippen LogP contribution in [0, 0.1) is 17.3 Å². The molecule has 1 aromatic rings. The zero-order valence-electron chi connectivity index (χ0n) is 23.8. The third-order valence-corrected chi connectivity index (χ3v) is 8.49. The van der Waals surface area contributed by atoms with Crippen molar-refractivity contribution in [1.82, 2.24) is 4.90 Å². The van der Waals surface area contributed by atoms with E-state index in [-0.39, 0.29) is 18.6 Å². The van der Waals surface area contributed by atoms with Gasteiger partial charge in [0.25, 0.3) is 0 Å². The number of nitrogens with zero attached hydrogens (tertiary/aromatic N) is 1. The molecule has 40 heavy (non-hydrogen) atoms. The number of carbonyl (C=O) groups excluding carboxylic acids is 1. The van der Waals surface area contributed by atoms with Crippen molar-refractivity contribution in [3.05, 3.63) is 59.9 Å². The van der Waals surface area contributed by atoms with Crippen LogP contribution >= 0.6 is 11.8 Å². The number of aliphatic hydroxyl groups excluding tert-OH is 1. The van der Waals surface area contributed by atoms with Gasteiger partial charge in [-0.3, -0.25) is 4.90 Å². The highest BCUT2D eigenvalue weighted by molar-refractivity contribution is 7.99. The van der Waals surface area contributed by atoms with Crippen molar-refractivity contribution in [1.29, 1.82) is 0 Å². The molecule has 1 aliphatic heterocycles. The van der Waals surface area contributed by atoms with Gasteiger partial charge >= 0.3 is 5.97 Å². The number of thioether (sulfide) groups is 1. The number of aliphatic hydroxyl groups is 1. The fourth-order valence-corrected chi connectivity index (χ4v) is 6.09. The lowest BCUT2D eigenvalue weighted by atomic mass is 9.84. The van der Waals surface area contributed by atoms with Crippen LogP contribution in [0.5, 0.6) is 5.75 Å². The standard InChI is InChI=1S/C32H41NO6S/c1-31(14-5-4-6-15-31)24-33(18-19-37-27-12-16-32(2,17-13-27)39-23-29(35)36-3)21-26(34)22-38-28-11-7-9-25-10-8-20-40-30(25)28/h4-5,7,9,11-13,16,26,34H,8,10,14,17-24H2,1-3H3. The van der Waals surface area contributed by atoms with E-state index in [0.717, 1.165) is 36.6 Å². The fraction of sp³-hybridized carbons (Fsp3) is 0.531. The summed E-state index contributed by atoms with van der Waals surface area (Å²) in [5.41, 5.74) is 0.572. The van der Waals surface area contributed by atoms with Crippen molar-refractivity contribution >= 4 is 17.7 Å². The third kappa shape index (κ3) is 8.90. The third-order valence-electron chi connectivity index (χ3n) is 7.25. The lowest BCUT2D eigenvalue weighted by Gasteiger charge is -2.33. The Morgan fingerprint density at radius 1 is 1.25 bits per heavy atom. The van der Waals surface area contributed by atoms with Crippen LogP contribution in [0.2, 0.25) is 0 Å².